The number of hydrogen-bond acceptors (Lipinski definition) is 8. The van der Waals surface area contributed by atoms with Crippen LogP contribution in [0, 0.1) is 0 Å². The molecule has 2 amide bonds. The Morgan fingerprint density at radius 3 is 2.26 bits per heavy atom. The zero-order chi connectivity index (χ0) is 24.7. The molecular weight excluding hydrogens is 442 g/mol. The third kappa shape index (κ3) is 6.24. The van der Waals surface area contributed by atoms with E-state index in [0.29, 0.717) is 52.5 Å². The summed E-state index contributed by atoms with van der Waals surface area (Å²) >= 11 is 0. The number of aromatic amines is 1. The summed E-state index contributed by atoms with van der Waals surface area (Å²) in [5.74, 6) is -0.166. The van der Waals surface area contributed by atoms with E-state index in [2.05, 4.69) is 9.88 Å². The number of likely N-dealkylation sites (N-methyl/N-ethyl adjacent to an activating group) is 1. The molecule has 3 rings (SSSR count). The fraction of sp³-hybridized carbons (Fsp3) is 0.727. The molecule has 2 fully saturated rings. The van der Waals surface area contributed by atoms with Gasteiger partial charge in [0.15, 0.2) is 5.69 Å². The predicted molar refractivity (Wildman–Crippen MR) is 129 cm³/mol. The lowest BCUT2D eigenvalue weighted by Gasteiger charge is -2.36. The first kappa shape index (κ1) is 25.9. The van der Waals surface area contributed by atoms with Crippen LogP contribution in [0.3, 0.4) is 0 Å². The summed E-state index contributed by atoms with van der Waals surface area (Å²) in [5.41, 5.74) is 4.97. The van der Waals surface area contributed by atoms with E-state index in [9.17, 15) is 19.2 Å². The number of nitrogens with two attached hydrogens (primary N) is 1. The number of nitrogens with one attached hydrogen (secondary N) is 1. The second-order valence-electron chi connectivity index (χ2n) is 8.68. The van der Waals surface area contributed by atoms with E-state index >= 15 is 0 Å². The zero-order valence-electron chi connectivity index (χ0n) is 20.3. The van der Waals surface area contributed by atoms with Crippen molar-refractivity contribution in [1.29, 1.82) is 0 Å². The Hall–Kier alpha value is -2.70. The van der Waals surface area contributed by atoms with E-state index in [1.807, 2.05) is 16.7 Å². The van der Waals surface area contributed by atoms with Crippen molar-refractivity contribution in [1.82, 2.24) is 24.3 Å². The van der Waals surface area contributed by atoms with Gasteiger partial charge in [0.2, 0.25) is 11.8 Å². The largest absolute Gasteiger partial charge is 0.383 e. The number of unbranched alkanes of at least 4 members (excludes halogenated alkanes) is 1. The molecule has 0 aromatic carbocycles. The van der Waals surface area contributed by atoms with Crippen LogP contribution in [-0.4, -0.2) is 108 Å². The van der Waals surface area contributed by atoms with Crippen molar-refractivity contribution in [3.8, 4) is 0 Å². The van der Waals surface area contributed by atoms with Crippen LogP contribution in [0.15, 0.2) is 9.59 Å². The number of carbonyl (C=O) groups is 2. The molecule has 1 aromatic heterocycles. The van der Waals surface area contributed by atoms with E-state index in [4.69, 9.17) is 10.5 Å². The second kappa shape index (κ2) is 12.1. The van der Waals surface area contributed by atoms with Gasteiger partial charge in [-0.15, -0.1) is 0 Å². The van der Waals surface area contributed by atoms with Gasteiger partial charge in [0.25, 0.3) is 5.56 Å². The number of amides is 2. The molecule has 12 nitrogen and oxygen atoms in total. The summed E-state index contributed by atoms with van der Waals surface area (Å²) in [6, 6.07) is 0. The molecule has 0 aliphatic carbocycles. The third-order valence-electron chi connectivity index (χ3n) is 6.38. The van der Waals surface area contributed by atoms with Crippen LogP contribution < -0.4 is 21.9 Å². The highest BCUT2D eigenvalue weighted by molar-refractivity contribution is 5.96. The molecule has 2 aliphatic rings. The van der Waals surface area contributed by atoms with Gasteiger partial charge in [0.05, 0.1) is 26.3 Å². The fourth-order valence-corrected chi connectivity index (χ4v) is 4.32. The van der Waals surface area contributed by atoms with Crippen LogP contribution in [0.1, 0.15) is 26.7 Å². The molecule has 0 spiro atoms. The van der Waals surface area contributed by atoms with Crippen molar-refractivity contribution in [2.75, 3.05) is 82.8 Å². The summed E-state index contributed by atoms with van der Waals surface area (Å²) in [5, 5.41) is 0. The first-order valence-corrected chi connectivity index (χ1v) is 12.1. The number of piperazine rings is 1. The van der Waals surface area contributed by atoms with Gasteiger partial charge in [-0.2, -0.15) is 0 Å². The number of morpholine rings is 1. The molecule has 0 saturated carbocycles. The first-order chi connectivity index (χ1) is 16.3. The number of rotatable bonds is 9. The number of nitrogen functional groups attached to an aromatic ring is 1. The van der Waals surface area contributed by atoms with Crippen LogP contribution >= 0.6 is 0 Å². The molecule has 0 atom stereocenters. The second-order valence-corrected chi connectivity index (χ2v) is 8.68. The van der Waals surface area contributed by atoms with Gasteiger partial charge < -0.3 is 20.3 Å². The van der Waals surface area contributed by atoms with Gasteiger partial charge in [0.1, 0.15) is 5.82 Å². The summed E-state index contributed by atoms with van der Waals surface area (Å²) in [6.07, 6.45) is 1.59. The molecule has 34 heavy (non-hydrogen) atoms. The van der Waals surface area contributed by atoms with E-state index in [-0.39, 0.29) is 36.4 Å². The van der Waals surface area contributed by atoms with E-state index in [0.717, 1.165) is 25.9 Å². The predicted octanol–water partition coefficient (Wildman–Crippen LogP) is -1.25. The SMILES string of the molecule is CCCCn1c(N)c(N(CC)C(=O)CN2CCN(C(=O)CN3CCOCC3)CC2)c(=O)[nH]c1=O. The normalized spacial score (nSPS) is 17.6. The molecule has 3 N–H and O–H groups in total. The lowest BCUT2D eigenvalue weighted by molar-refractivity contribution is -0.135. The molecule has 0 radical (unpaired) electrons. The Labute approximate surface area is 199 Å². The monoisotopic (exact) mass is 479 g/mol. The number of carbonyl (C=O) groups excluding carboxylic acids is 2. The van der Waals surface area contributed by atoms with Crippen LogP contribution in [-0.2, 0) is 20.9 Å². The van der Waals surface area contributed by atoms with Gasteiger partial charge in [-0.05, 0) is 13.3 Å². The molecule has 12 heteroatoms. The van der Waals surface area contributed by atoms with Gasteiger partial charge >= 0.3 is 5.69 Å². The maximum Gasteiger partial charge on any atom is 0.330 e. The minimum Gasteiger partial charge on any atom is -0.383 e. The van der Waals surface area contributed by atoms with Crippen molar-refractivity contribution in [2.24, 2.45) is 0 Å². The van der Waals surface area contributed by atoms with Crippen molar-refractivity contribution in [3.63, 3.8) is 0 Å². The standard InChI is InChI=1S/C22H37N7O5/c1-3-5-6-29-20(23)19(21(32)24-22(29)33)28(4-2)18(31)16-25-7-9-27(10-8-25)17(30)15-26-11-13-34-14-12-26/h3-16,23H2,1-2H3,(H,24,32,33). The van der Waals surface area contributed by atoms with Crippen LogP contribution in [0.5, 0.6) is 0 Å². The topological polar surface area (TPSA) is 137 Å². The molecule has 2 saturated heterocycles. The maximum absolute atomic E-state index is 13.1. The molecule has 3 heterocycles. The molecule has 2 aliphatic heterocycles. The first-order valence-electron chi connectivity index (χ1n) is 12.1. The van der Waals surface area contributed by atoms with E-state index < -0.39 is 11.2 Å². The Kier molecular flexibility index (Phi) is 9.25. The smallest absolute Gasteiger partial charge is 0.330 e. The quantitative estimate of drug-likeness (QED) is 0.448. The fourth-order valence-electron chi connectivity index (χ4n) is 4.32. The Balaban J connectivity index is 1.60. The van der Waals surface area contributed by atoms with Crippen LogP contribution in [0.25, 0.3) is 0 Å². The van der Waals surface area contributed by atoms with Crippen LogP contribution in [0.4, 0.5) is 11.5 Å². The third-order valence-corrected chi connectivity index (χ3v) is 6.38. The minimum atomic E-state index is -0.663. The lowest BCUT2D eigenvalue weighted by atomic mass is 10.2. The number of anilines is 2. The molecule has 0 unspecified atom stereocenters. The highest BCUT2D eigenvalue weighted by Crippen LogP contribution is 2.18. The number of aromatic nitrogens is 2. The Morgan fingerprint density at radius 2 is 1.65 bits per heavy atom. The van der Waals surface area contributed by atoms with E-state index in [1.54, 1.807) is 6.92 Å². The van der Waals surface area contributed by atoms with Crippen LogP contribution in [0.2, 0.25) is 0 Å². The molecule has 1 aromatic rings. The van der Waals surface area contributed by atoms with Gasteiger partial charge in [-0.1, -0.05) is 13.3 Å². The van der Waals surface area contributed by atoms with Crippen molar-refractivity contribution < 1.29 is 14.3 Å². The molecular formula is C22H37N7O5. The maximum atomic E-state index is 13.1. The number of H-pyrrole nitrogens is 1. The summed E-state index contributed by atoms with van der Waals surface area (Å²) in [7, 11) is 0. The van der Waals surface area contributed by atoms with Crippen molar-refractivity contribution in [2.45, 2.75) is 33.2 Å². The number of nitrogens with zero attached hydrogens (tertiary/aromatic N) is 5. The number of ether oxygens (including phenoxy) is 1. The summed E-state index contributed by atoms with van der Waals surface area (Å²) < 4.78 is 6.64. The highest BCUT2D eigenvalue weighted by atomic mass is 16.5. The lowest BCUT2D eigenvalue weighted by Crippen LogP contribution is -2.54. The van der Waals surface area contributed by atoms with Crippen molar-refractivity contribution in [3.05, 3.63) is 20.8 Å². The Bertz CT molecular complexity index is 961. The average molecular weight is 480 g/mol. The summed E-state index contributed by atoms with van der Waals surface area (Å²) in [6.45, 7) is 9.94. The molecule has 190 valence electrons. The molecule has 0 bridgehead atoms. The highest BCUT2D eigenvalue weighted by Gasteiger charge is 2.28. The van der Waals surface area contributed by atoms with Gasteiger partial charge in [0, 0.05) is 52.4 Å². The minimum absolute atomic E-state index is 0.0101. The van der Waals surface area contributed by atoms with Gasteiger partial charge in [-0.3, -0.25) is 33.7 Å². The number of hydrogen-bond donors (Lipinski definition) is 2. The summed E-state index contributed by atoms with van der Waals surface area (Å²) in [4.78, 5) is 60.0. The average Bonchev–Trinajstić information content (AvgIpc) is 2.82. The Morgan fingerprint density at radius 1 is 1.00 bits per heavy atom. The van der Waals surface area contributed by atoms with Gasteiger partial charge in [-0.25, -0.2) is 4.79 Å². The zero-order valence-corrected chi connectivity index (χ0v) is 20.3. The van der Waals surface area contributed by atoms with E-state index in [1.165, 1.54) is 9.47 Å². The van der Waals surface area contributed by atoms with Crippen molar-refractivity contribution >= 4 is 23.3 Å².